The Hall–Kier alpha value is -0.890. The molecular formula is C15H15ClF3NaO4. The van der Waals surface area contributed by atoms with Crippen LogP contribution < -0.4 is 9.47 Å². The van der Waals surface area contributed by atoms with Crippen LogP contribution in [0.15, 0.2) is 11.6 Å². The second kappa shape index (κ2) is 7.99. The predicted molar refractivity (Wildman–Crippen MR) is 85.2 cm³/mol. The molecular weight excluding hydrogens is 360 g/mol. The Balaban J connectivity index is 0.00000288. The van der Waals surface area contributed by atoms with Crippen molar-refractivity contribution in [3.63, 3.8) is 0 Å². The molecule has 1 atom stereocenters. The Morgan fingerprint density at radius 1 is 1.46 bits per heavy atom. The molecule has 1 heterocycles. The number of benzene rings is 1. The molecule has 128 valence electrons. The van der Waals surface area contributed by atoms with Gasteiger partial charge in [-0.2, -0.15) is 13.2 Å². The maximum atomic E-state index is 13.1. The van der Waals surface area contributed by atoms with Crippen molar-refractivity contribution in [2.45, 2.75) is 32.5 Å². The van der Waals surface area contributed by atoms with Gasteiger partial charge < -0.3 is 14.6 Å². The van der Waals surface area contributed by atoms with Crippen LogP contribution in [0.2, 0.25) is 5.02 Å². The van der Waals surface area contributed by atoms with Crippen molar-refractivity contribution in [1.29, 1.82) is 0 Å². The van der Waals surface area contributed by atoms with Gasteiger partial charge in [0.15, 0.2) is 0 Å². The fraction of sp³-hybridized carbons (Fsp3) is 0.400. The van der Waals surface area contributed by atoms with E-state index < -0.39 is 23.8 Å². The van der Waals surface area contributed by atoms with Gasteiger partial charge in [-0.3, -0.25) is 0 Å². The van der Waals surface area contributed by atoms with E-state index >= 15 is 0 Å². The van der Waals surface area contributed by atoms with E-state index in [-0.39, 0.29) is 51.6 Å². The molecule has 0 amide bonds. The zero-order valence-corrected chi connectivity index (χ0v) is 13.1. The van der Waals surface area contributed by atoms with Gasteiger partial charge >= 0.3 is 41.7 Å². The van der Waals surface area contributed by atoms with Crippen LogP contribution >= 0.6 is 11.6 Å². The first-order valence-electron chi connectivity index (χ1n) is 6.81. The van der Waals surface area contributed by atoms with Crippen molar-refractivity contribution in [1.82, 2.24) is 0 Å². The third kappa shape index (κ3) is 4.20. The van der Waals surface area contributed by atoms with Crippen molar-refractivity contribution in [2.24, 2.45) is 0 Å². The SMILES string of the molecule is CCCOc1c(Cl)cc2c(c1C)OC(C(F)(F)F)C(C(=O)O)=C2.[NaH]. The number of alkyl halides is 3. The number of carbonyl (C=O) groups is 1. The summed E-state index contributed by atoms with van der Waals surface area (Å²) in [6.07, 6.45) is -5.76. The summed E-state index contributed by atoms with van der Waals surface area (Å²) in [5, 5.41) is 9.19. The molecule has 4 nitrogen and oxygen atoms in total. The number of fused-ring (bicyclic) bond motifs is 1. The summed E-state index contributed by atoms with van der Waals surface area (Å²) in [6.45, 7) is 3.74. The van der Waals surface area contributed by atoms with E-state index in [2.05, 4.69) is 0 Å². The van der Waals surface area contributed by atoms with Crippen molar-refractivity contribution in [3.8, 4) is 11.5 Å². The van der Waals surface area contributed by atoms with Gasteiger partial charge in [0.1, 0.15) is 11.5 Å². The van der Waals surface area contributed by atoms with Crippen molar-refractivity contribution in [3.05, 3.63) is 27.8 Å². The Labute approximate surface area is 163 Å². The van der Waals surface area contributed by atoms with Gasteiger partial charge in [-0.15, -0.1) is 0 Å². The van der Waals surface area contributed by atoms with Crippen LogP contribution in [0.1, 0.15) is 24.5 Å². The van der Waals surface area contributed by atoms with Crippen LogP contribution in [0.3, 0.4) is 0 Å². The molecule has 1 unspecified atom stereocenters. The molecule has 1 aliphatic heterocycles. The van der Waals surface area contributed by atoms with E-state index in [1.165, 1.54) is 13.0 Å². The number of hydrogen-bond acceptors (Lipinski definition) is 3. The molecule has 0 fully saturated rings. The molecule has 9 heteroatoms. The topological polar surface area (TPSA) is 55.8 Å². The van der Waals surface area contributed by atoms with E-state index in [9.17, 15) is 18.0 Å². The zero-order valence-electron chi connectivity index (χ0n) is 12.3. The summed E-state index contributed by atoms with van der Waals surface area (Å²) in [5.41, 5.74) is -0.409. The number of carboxylic acids is 1. The van der Waals surface area contributed by atoms with Gasteiger partial charge in [0, 0.05) is 11.1 Å². The second-order valence-electron chi connectivity index (χ2n) is 5.02. The Kier molecular flexibility index (Phi) is 7.04. The molecule has 0 saturated heterocycles. The van der Waals surface area contributed by atoms with E-state index in [4.69, 9.17) is 26.2 Å². The van der Waals surface area contributed by atoms with Gasteiger partial charge in [0.2, 0.25) is 6.10 Å². The first kappa shape index (κ1) is 21.2. The number of hydrogen-bond donors (Lipinski definition) is 1. The van der Waals surface area contributed by atoms with Crippen molar-refractivity contribution in [2.75, 3.05) is 6.61 Å². The number of aliphatic carboxylic acids is 1. The van der Waals surface area contributed by atoms with Crippen molar-refractivity contribution < 1.29 is 32.5 Å². The standard InChI is InChI=1S/C15H14ClF3O4.Na.H/c1-3-4-22-12-7(2)11-8(6-10(12)16)5-9(14(20)21)13(23-11)15(17,18)19;;/h5-6,13H,3-4H2,1-2H3,(H,20,21);;. The summed E-state index contributed by atoms with van der Waals surface area (Å²) < 4.78 is 49.6. The van der Waals surface area contributed by atoms with Gasteiger partial charge in [-0.05, 0) is 25.5 Å². The average Bonchev–Trinajstić information content (AvgIpc) is 2.44. The van der Waals surface area contributed by atoms with Gasteiger partial charge in [0.05, 0.1) is 17.2 Å². The normalized spacial score (nSPS) is 16.4. The summed E-state index contributed by atoms with van der Waals surface area (Å²) in [4.78, 5) is 11.1. The van der Waals surface area contributed by atoms with E-state index in [0.29, 0.717) is 18.6 Å². The molecule has 0 aromatic heterocycles. The minimum absolute atomic E-state index is 0. The molecule has 0 aliphatic carbocycles. The third-order valence-corrected chi connectivity index (χ3v) is 3.55. The van der Waals surface area contributed by atoms with Crippen LogP contribution in [0.5, 0.6) is 11.5 Å². The fourth-order valence-corrected chi connectivity index (χ4v) is 2.57. The molecule has 0 saturated carbocycles. The quantitative estimate of drug-likeness (QED) is 0.818. The summed E-state index contributed by atoms with van der Waals surface area (Å²) in [7, 11) is 0. The minimum atomic E-state index is -4.85. The number of carboxylic acid groups (broad SMARTS) is 1. The van der Waals surface area contributed by atoms with Crippen molar-refractivity contribution >= 4 is 53.2 Å². The zero-order chi connectivity index (χ0) is 17.4. The van der Waals surface area contributed by atoms with Gasteiger partial charge in [-0.1, -0.05) is 18.5 Å². The van der Waals surface area contributed by atoms with E-state index in [1.54, 1.807) is 0 Å². The number of ether oxygens (including phenoxy) is 2. The van der Waals surface area contributed by atoms with Crippen LogP contribution in [0.4, 0.5) is 13.2 Å². The molecule has 0 radical (unpaired) electrons. The molecule has 0 spiro atoms. The first-order chi connectivity index (χ1) is 10.7. The molecule has 1 N–H and O–H groups in total. The summed E-state index contributed by atoms with van der Waals surface area (Å²) in [5.74, 6) is -1.54. The summed E-state index contributed by atoms with van der Waals surface area (Å²) >= 11 is 6.08. The van der Waals surface area contributed by atoms with Crippen LogP contribution in [0.25, 0.3) is 6.08 Å². The predicted octanol–water partition coefficient (Wildman–Crippen LogP) is 3.58. The Morgan fingerprint density at radius 3 is 2.58 bits per heavy atom. The molecule has 2 rings (SSSR count). The number of halogens is 4. The second-order valence-corrected chi connectivity index (χ2v) is 5.43. The monoisotopic (exact) mass is 374 g/mol. The van der Waals surface area contributed by atoms with Crippen LogP contribution in [-0.4, -0.2) is 59.5 Å². The molecule has 24 heavy (non-hydrogen) atoms. The first-order valence-corrected chi connectivity index (χ1v) is 7.18. The summed E-state index contributed by atoms with van der Waals surface area (Å²) in [6, 6.07) is 1.34. The average molecular weight is 375 g/mol. The maximum absolute atomic E-state index is 13.1. The van der Waals surface area contributed by atoms with Gasteiger partial charge in [-0.25, -0.2) is 4.79 Å². The molecule has 1 aromatic carbocycles. The Morgan fingerprint density at radius 2 is 2.08 bits per heavy atom. The fourth-order valence-electron chi connectivity index (χ4n) is 2.25. The third-order valence-electron chi connectivity index (χ3n) is 3.27. The van der Waals surface area contributed by atoms with Gasteiger partial charge in [0.25, 0.3) is 0 Å². The molecule has 1 aliphatic rings. The number of rotatable bonds is 4. The Bertz CT molecular complexity index is 674. The molecule has 0 bridgehead atoms. The van der Waals surface area contributed by atoms with Crippen LogP contribution in [0, 0.1) is 6.92 Å². The van der Waals surface area contributed by atoms with E-state index in [0.717, 1.165) is 6.08 Å². The van der Waals surface area contributed by atoms with E-state index in [1.807, 2.05) is 6.92 Å². The van der Waals surface area contributed by atoms with Crippen LogP contribution in [-0.2, 0) is 4.79 Å². The molecule has 1 aromatic rings.